The van der Waals surface area contributed by atoms with E-state index < -0.39 is 30.2 Å². The summed E-state index contributed by atoms with van der Waals surface area (Å²) in [6.07, 6.45) is -0.330. The van der Waals surface area contributed by atoms with Gasteiger partial charge in [-0.3, -0.25) is 4.79 Å². The summed E-state index contributed by atoms with van der Waals surface area (Å²) in [5.41, 5.74) is 0.779. The molecule has 1 saturated heterocycles. The highest BCUT2D eigenvalue weighted by Crippen LogP contribution is 2.37. The minimum Gasteiger partial charge on any atom is -0.497 e. The summed E-state index contributed by atoms with van der Waals surface area (Å²) in [5.74, 6) is -0.154. The molecule has 1 aliphatic heterocycles. The van der Waals surface area contributed by atoms with Crippen LogP contribution in [0.2, 0.25) is 0 Å². The lowest BCUT2D eigenvalue weighted by Crippen LogP contribution is -2.60. The maximum absolute atomic E-state index is 13.0. The second-order valence-electron chi connectivity index (χ2n) is 6.76. The van der Waals surface area contributed by atoms with E-state index in [0.29, 0.717) is 16.0 Å². The Balaban J connectivity index is 1.67. The fraction of sp³-hybridized carbons (Fsp3) is 0.389. The van der Waals surface area contributed by atoms with Crippen LogP contribution in [0.25, 0.3) is 0 Å². The van der Waals surface area contributed by atoms with E-state index >= 15 is 0 Å². The number of carbonyl (C=O) groups is 1. The van der Waals surface area contributed by atoms with Crippen LogP contribution in [0.5, 0.6) is 5.75 Å². The number of thiocarbonyl (C=S) groups is 1. The average Bonchev–Trinajstić information content (AvgIpc) is 3.32. The smallest absolute Gasteiger partial charge is 0.231 e. The van der Waals surface area contributed by atoms with Gasteiger partial charge >= 0.3 is 0 Å². The molecule has 1 aromatic carbocycles. The Morgan fingerprint density at radius 1 is 1.39 bits per heavy atom. The summed E-state index contributed by atoms with van der Waals surface area (Å²) in [4.78, 5) is 18.9. The van der Waals surface area contributed by atoms with Gasteiger partial charge in [-0.25, -0.2) is 4.98 Å². The number of hydrogen-bond donors (Lipinski definition) is 4. The first-order valence-corrected chi connectivity index (χ1v) is 10.1. The van der Waals surface area contributed by atoms with E-state index in [1.807, 2.05) is 29.2 Å². The predicted octanol–water partition coefficient (Wildman–Crippen LogP) is 0.964. The van der Waals surface area contributed by atoms with Crippen LogP contribution in [-0.4, -0.2) is 57.6 Å². The largest absolute Gasteiger partial charge is 0.497 e. The minimum atomic E-state index is -1.03. The highest BCUT2D eigenvalue weighted by Gasteiger charge is 2.54. The van der Waals surface area contributed by atoms with Crippen molar-refractivity contribution >= 4 is 45.4 Å². The van der Waals surface area contributed by atoms with Crippen LogP contribution in [0.3, 0.4) is 0 Å². The summed E-state index contributed by atoms with van der Waals surface area (Å²) in [6.45, 7) is 0. The molecule has 1 amide bonds. The zero-order valence-electron chi connectivity index (χ0n) is 15.0. The fourth-order valence-corrected chi connectivity index (χ4v) is 4.76. The quantitative estimate of drug-likeness (QED) is 0.542. The van der Waals surface area contributed by atoms with E-state index in [4.69, 9.17) is 17.0 Å². The van der Waals surface area contributed by atoms with E-state index in [9.17, 15) is 15.0 Å². The lowest BCUT2D eigenvalue weighted by atomic mass is 9.77. The van der Waals surface area contributed by atoms with Gasteiger partial charge in [-0.15, -0.1) is 11.3 Å². The van der Waals surface area contributed by atoms with Crippen molar-refractivity contribution in [2.45, 2.75) is 30.7 Å². The van der Waals surface area contributed by atoms with Crippen molar-refractivity contribution in [3.63, 3.8) is 0 Å². The van der Waals surface area contributed by atoms with Crippen molar-refractivity contribution in [1.82, 2.24) is 10.3 Å². The molecule has 0 bridgehead atoms. The third-order valence-corrected chi connectivity index (χ3v) is 6.20. The molecule has 8 nitrogen and oxygen atoms in total. The number of hydrogen-bond acceptors (Lipinski definition) is 7. The maximum Gasteiger partial charge on any atom is 0.231 e. The van der Waals surface area contributed by atoms with Crippen LogP contribution in [0.4, 0.5) is 10.8 Å². The summed E-state index contributed by atoms with van der Waals surface area (Å²) in [7, 11) is 1.59. The van der Waals surface area contributed by atoms with Crippen LogP contribution in [0.15, 0.2) is 35.8 Å². The molecule has 5 unspecified atom stereocenters. The number of ether oxygens (including phenoxy) is 1. The van der Waals surface area contributed by atoms with Gasteiger partial charge < -0.3 is 30.5 Å². The van der Waals surface area contributed by atoms with E-state index in [-0.39, 0.29) is 12.3 Å². The number of carbonyl (C=O) groups excluding carboxylic acids is 1. The normalized spacial score (nSPS) is 29.2. The van der Waals surface area contributed by atoms with Crippen molar-refractivity contribution in [1.29, 1.82) is 0 Å². The molecule has 5 atom stereocenters. The van der Waals surface area contributed by atoms with Crippen LogP contribution < -0.4 is 20.3 Å². The third kappa shape index (κ3) is 3.32. The summed E-state index contributed by atoms with van der Waals surface area (Å²) < 4.78 is 5.20. The Kier molecular flexibility index (Phi) is 5.19. The molecule has 1 aromatic heterocycles. The van der Waals surface area contributed by atoms with Gasteiger partial charge in [0.2, 0.25) is 5.91 Å². The van der Waals surface area contributed by atoms with E-state index in [2.05, 4.69) is 15.6 Å². The van der Waals surface area contributed by atoms with Crippen molar-refractivity contribution < 1.29 is 19.7 Å². The number of aliphatic hydroxyl groups excluding tert-OH is 2. The van der Waals surface area contributed by atoms with Crippen LogP contribution in [-0.2, 0) is 4.79 Å². The predicted molar refractivity (Wildman–Crippen MR) is 110 cm³/mol. The number of nitrogens with one attached hydrogen (secondary N) is 2. The standard InChI is InChI=1S/C18H20N4O4S2/c1-26-10-4-2-9(3-5-10)22-14-11(16(25)21-17-19-6-7-28-17)8-12(23)15(24)13(14)20-18(22)27/h2-7,11-15,23-24H,8H2,1H3,(H,20,27)(H,19,21,25). The number of amides is 1. The van der Waals surface area contributed by atoms with Gasteiger partial charge in [-0.2, -0.15) is 0 Å². The molecule has 4 N–H and O–H groups in total. The molecule has 148 valence electrons. The number of thiazole rings is 1. The van der Waals surface area contributed by atoms with Crippen molar-refractivity contribution in [2.75, 3.05) is 17.3 Å². The number of rotatable bonds is 4. The molecule has 28 heavy (non-hydrogen) atoms. The van der Waals surface area contributed by atoms with Crippen LogP contribution in [0.1, 0.15) is 6.42 Å². The minimum absolute atomic E-state index is 0.122. The molecule has 1 aliphatic carbocycles. The van der Waals surface area contributed by atoms with Crippen molar-refractivity contribution in [3.8, 4) is 5.75 Å². The lowest BCUT2D eigenvalue weighted by Gasteiger charge is -2.41. The van der Waals surface area contributed by atoms with Crippen molar-refractivity contribution in [3.05, 3.63) is 35.8 Å². The molecule has 2 heterocycles. The molecular weight excluding hydrogens is 400 g/mol. The van der Waals surface area contributed by atoms with Gasteiger partial charge in [0.25, 0.3) is 0 Å². The highest BCUT2D eigenvalue weighted by atomic mass is 32.1. The molecule has 1 saturated carbocycles. The first-order chi connectivity index (χ1) is 13.5. The van der Waals surface area contributed by atoms with Gasteiger partial charge in [-0.1, -0.05) is 0 Å². The van der Waals surface area contributed by atoms with Gasteiger partial charge in [0.1, 0.15) is 11.9 Å². The Bertz CT molecular complexity index is 861. The third-order valence-electron chi connectivity index (χ3n) is 5.19. The number of nitrogens with zero attached hydrogens (tertiary/aromatic N) is 2. The second-order valence-corrected chi connectivity index (χ2v) is 8.04. The topological polar surface area (TPSA) is 107 Å². The monoisotopic (exact) mass is 420 g/mol. The molecule has 10 heteroatoms. The Morgan fingerprint density at radius 2 is 2.14 bits per heavy atom. The number of methoxy groups -OCH3 is 1. The van der Waals surface area contributed by atoms with Gasteiger partial charge in [0, 0.05) is 17.3 Å². The zero-order valence-corrected chi connectivity index (χ0v) is 16.6. The van der Waals surface area contributed by atoms with Gasteiger partial charge in [0.05, 0.1) is 31.2 Å². The van der Waals surface area contributed by atoms with E-state index in [1.165, 1.54) is 11.3 Å². The maximum atomic E-state index is 13.0. The fourth-order valence-electron chi connectivity index (χ4n) is 3.87. The molecular formula is C18H20N4O4S2. The molecule has 2 fully saturated rings. The van der Waals surface area contributed by atoms with Crippen molar-refractivity contribution in [2.24, 2.45) is 5.92 Å². The number of aromatic nitrogens is 1. The van der Waals surface area contributed by atoms with E-state index in [1.54, 1.807) is 18.7 Å². The SMILES string of the molecule is COc1ccc(N2C(=S)NC3C(O)C(O)CC(C(=O)Nc4nccs4)C32)cc1. The average molecular weight is 421 g/mol. The first kappa shape index (κ1) is 19.1. The van der Waals surface area contributed by atoms with Gasteiger partial charge in [0.15, 0.2) is 10.2 Å². The number of benzene rings is 1. The van der Waals surface area contributed by atoms with Crippen LogP contribution in [0, 0.1) is 5.92 Å². The summed E-state index contributed by atoms with van der Waals surface area (Å²) in [5, 5.41) is 29.4. The second kappa shape index (κ2) is 7.63. The Labute approximate surface area is 171 Å². The zero-order chi connectivity index (χ0) is 19.8. The lowest BCUT2D eigenvalue weighted by molar-refractivity contribution is -0.126. The molecule has 0 spiro atoms. The molecule has 4 rings (SSSR count). The Morgan fingerprint density at radius 3 is 2.79 bits per heavy atom. The summed E-state index contributed by atoms with van der Waals surface area (Å²) >= 11 is 6.81. The molecule has 2 aromatic rings. The van der Waals surface area contributed by atoms with E-state index in [0.717, 1.165) is 5.69 Å². The Hall–Kier alpha value is -2.27. The number of fused-ring (bicyclic) bond motifs is 1. The summed E-state index contributed by atoms with van der Waals surface area (Å²) in [6, 6.07) is 6.31. The number of aliphatic hydroxyl groups is 2. The molecule has 0 radical (unpaired) electrons. The highest BCUT2D eigenvalue weighted by molar-refractivity contribution is 7.80. The number of anilines is 2. The molecule has 2 aliphatic rings. The van der Waals surface area contributed by atoms with Crippen LogP contribution >= 0.6 is 23.6 Å². The first-order valence-electron chi connectivity index (χ1n) is 8.80. The van der Waals surface area contributed by atoms with Gasteiger partial charge in [-0.05, 0) is 42.9 Å².